The number of carbonyl (C=O) groups is 2. The first-order chi connectivity index (χ1) is 9.22. The standard InChI is InChI=1S/C16H29NO3/c1-6-10-17(11-7-2)13(18)12-8-9-16(5,14(19)20)15(12,3)4/h12H,6-11H2,1-5H3,(H,19,20)/t12-,16-/m0/s1. The Kier molecular flexibility index (Phi) is 5.22. The van der Waals surface area contributed by atoms with E-state index < -0.39 is 16.8 Å². The SMILES string of the molecule is CCCN(CCC)C(=O)[C@@H]1CC[C@@](C)(C(=O)O)C1(C)C. The number of hydrogen-bond donors (Lipinski definition) is 1. The number of nitrogens with zero attached hydrogens (tertiary/aromatic N) is 1. The zero-order chi connectivity index (χ0) is 15.6. The van der Waals surface area contributed by atoms with Crippen molar-refractivity contribution in [1.82, 2.24) is 4.90 Å². The number of hydrogen-bond acceptors (Lipinski definition) is 2. The molecule has 0 radical (unpaired) electrons. The van der Waals surface area contributed by atoms with Crippen molar-refractivity contribution in [3.63, 3.8) is 0 Å². The molecule has 0 aromatic rings. The Hall–Kier alpha value is -1.06. The fraction of sp³-hybridized carbons (Fsp3) is 0.875. The lowest BCUT2D eigenvalue weighted by molar-refractivity contribution is -0.156. The number of carboxylic acids is 1. The van der Waals surface area contributed by atoms with E-state index in [-0.39, 0.29) is 11.8 Å². The Labute approximate surface area is 122 Å². The molecule has 1 aliphatic rings. The summed E-state index contributed by atoms with van der Waals surface area (Å²) in [6.07, 6.45) is 3.14. The molecule has 0 unspecified atom stereocenters. The number of carbonyl (C=O) groups excluding carboxylic acids is 1. The molecule has 2 atom stereocenters. The van der Waals surface area contributed by atoms with Gasteiger partial charge in [-0.3, -0.25) is 9.59 Å². The highest BCUT2D eigenvalue weighted by Gasteiger charge is 2.58. The van der Waals surface area contributed by atoms with E-state index >= 15 is 0 Å². The van der Waals surface area contributed by atoms with Crippen LogP contribution in [-0.4, -0.2) is 35.0 Å². The molecule has 1 rings (SSSR count). The quantitative estimate of drug-likeness (QED) is 0.814. The van der Waals surface area contributed by atoms with E-state index in [2.05, 4.69) is 13.8 Å². The van der Waals surface area contributed by atoms with Crippen molar-refractivity contribution in [3.8, 4) is 0 Å². The summed E-state index contributed by atoms with van der Waals surface area (Å²) in [7, 11) is 0. The van der Waals surface area contributed by atoms with Gasteiger partial charge in [-0.15, -0.1) is 0 Å². The molecule has 20 heavy (non-hydrogen) atoms. The van der Waals surface area contributed by atoms with Crippen molar-refractivity contribution in [2.75, 3.05) is 13.1 Å². The minimum Gasteiger partial charge on any atom is -0.481 e. The van der Waals surface area contributed by atoms with E-state index in [9.17, 15) is 14.7 Å². The summed E-state index contributed by atoms with van der Waals surface area (Å²) in [4.78, 5) is 26.3. The highest BCUT2D eigenvalue weighted by atomic mass is 16.4. The fourth-order valence-electron chi connectivity index (χ4n) is 3.41. The molecule has 1 fully saturated rings. The molecule has 0 saturated heterocycles. The van der Waals surface area contributed by atoms with Crippen molar-refractivity contribution < 1.29 is 14.7 Å². The van der Waals surface area contributed by atoms with E-state index in [1.807, 2.05) is 18.7 Å². The highest BCUT2D eigenvalue weighted by molar-refractivity contribution is 5.84. The summed E-state index contributed by atoms with van der Waals surface area (Å²) in [5.41, 5.74) is -1.31. The van der Waals surface area contributed by atoms with E-state index in [0.29, 0.717) is 12.8 Å². The van der Waals surface area contributed by atoms with Gasteiger partial charge in [0.1, 0.15) is 0 Å². The minimum atomic E-state index is -0.808. The largest absolute Gasteiger partial charge is 0.481 e. The molecule has 0 aliphatic heterocycles. The molecule has 1 amide bonds. The lowest BCUT2D eigenvalue weighted by Gasteiger charge is -2.39. The average molecular weight is 283 g/mol. The third-order valence-corrected chi connectivity index (χ3v) is 5.30. The maximum atomic E-state index is 12.8. The van der Waals surface area contributed by atoms with E-state index in [4.69, 9.17) is 0 Å². The van der Waals surface area contributed by atoms with Crippen molar-refractivity contribution >= 4 is 11.9 Å². The van der Waals surface area contributed by atoms with Crippen LogP contribution in [0.4, 0.5) is 0 Å². The molecule has 4 nitrogen and oxygen atoms in total. The second-order valence-corrected chi connectivity index (χ2v) is 6.78. The topological polar surface area (TPSA) is 57.6 Å². The second-order valence-electron chi connectivity index (χ2n) is 6.78. The summed E-state index contributed by atoms with van der Waals surface area (Å²) >= 11 is 0. The monoisotopic (exact) mass is 283 g/mol. The maximum absolute atomic E-state index is 12.8. The van der Waals surface area contributed by atoms with Crippen molar-refractivity contribution in [3.05, 3.63) is 0 Å². The summed E-state index contributed by atoms with van der Waals surface area (Å²) in [5.74, 6) is -0.819. The van der Waals surface area contributed by atoms with E-state index in [1.165, 1.54) is 0 Å². The van der Waals surface area contributed by atoms with Crippen molar-refractivity contribution in [2.45, 2.75) is 60.3 Å². The lowest BCUT2D eigenvalue weighted by atomic mass is 9.65. The number of amides is 1. The molecule has 4 heteroatoms. The predicted octanol–water partition coefficient (Wildman–Crippen LogP) is 3.16. The van der Waals surface area contributed by atoms with Crippen LogP contribution in [-0.2, 0) is 9.59 Å². The van der Waals surface area contributed by atoms with Crippen molar-refractivity contribution in [2.24, 2.45) is 16.7 Å². The maximum Gasteiger partial charge on any atom is 0.309 e. The van der Waals surface area contributed by atoms with E-state index in [0.717, 1.165) is 25.9 Å². The summed E-state index contributed by atoms with van der Waals surface area (Å²) in [6.45, 7) is 11.3. The second kappa shape index (κ2) is 6.15. The Morgan fingerprint density at radius 1 is 1.15 bits per heavy atom. The Bertz CT molecular complexity index is 372. The molecule has 0 spiro atoms. The molecule has 1 saturated carbocycles. The Balaban J connectivity index is 2.97. The van der Waals surface area contributed by atoms with Gasteiger partial charge in [0, 0.05) is 19.0 Å². The number of rotatable bonds is 6. The summed E-state index contributed by atoms with van der Waals surface area (Å²) in [6, 6.07) is 0. The van der Waals surface area contributed by atoms with Gasteiger partial charge in [0.15, 0.2) is 0 Å². The highest BCUT2D eigenvalue weighted by Crippen LogP contribution is 2.56. The van der Waals surface area contributed by atoms with Crippen LogP contribution in [0.5, 0.6) is 0 Å². The number of aliphatic carboxylic acids is 1. The Morgan fingerprint density at radius 3 is 2.00 bits per heavy atom. The lowest BCUT2D eigenvalue weighted by Crippen LogP contribution is -2.47. The zero-order valence-corrected chi connectivity index (χ0v) is 13.5. The third-order valence-electron chi connectivity index (χ3n) is 5.30. The summed E-state index contributed by atoms with van der Waals surface area (Å²) in [5, 5.41) is 9.53. The van der Waals surface area contributed by atoms with Gasteiger partial charge in [-0.1, -0.05) is 27.7 Å². The molecule has 116 valence electrons. The first kappa shape index (κ1) is 17.0. The van der Waals surface area contributed by atoms with Crippen LogP contribution in [0.15, 0.2) is 0 Å². The van der Waals surface area contributed by atoms with Gasteiger partial charge in [-0.25, -0.2) is 0 Å². The molecule has 0 bridgehead atoms. The molecule has 0 aromatic heterocycles. The van der Waals surface area contributed by atoms with Crippen LogP contribution in [0.3, 0.4) is 0 Å². The normalized spacial score (nSPS) is 28.4. The van der Waals surface area contributed by atoms with Crippen LogP contribution in [0, 0.1) is 16.7 Å². The van der Waals surface area contributed by atoms with E-state index in [1.54, 1.807) is 6.92 Å². The van der Waals surface area contributed by atoms with Gasteiger partial charge in [0.25, 0.3) is 0 Å². The molecular weight excluding hydrogens is 254 g/mol. The van der Waals surface area contributed by atoms with Gasteiger partial charge in [-0.05, 0) is 38.0 Å². The first-order valence-electron chi connectivity index (χ1n) is 7.74. The van der Waals surface area contributed by atoms with Gasteiger partial charge in [0.05, 0.1) is 5.41 Å². The van der Waals surface area contributed by atoms with Gasteiger partial charge < -0.3 is 10.0 Å². The average Bonchev–Trinajstić information content (AvgIpc) is 2.61. The Morgan fingerprint density at radius 2 is 1.65 bits per heavy atom. The molecule has 1 aliphatic carbocycles. The van der Waals surface area contributed by atoms with Crippen LogP contribution in [0.2, 0.25) is 0 Å². The smallest absolute Gasteiger partial charge is 0.309 e. The summed E-state index contributed by atoms with van der Waals surface area (Å²) < 4.78 is 0. The predicted molar refractivity (Wildman–Crippen MR) is 79.4 cm³/mol. The zero-order valence-electron chi connectivity index (χ0n) is 13.5. The third kappa shape index (κ3) is 2.70. The van der Waals surface area contributed by atoms with Crippen LogP contribution < -0.4 is 0 Å². The van der Waals surface area contributed by atoms with Gasteiger partial charge in [0.2, 0.25) is 5.91 Å². The van der Waals surface area contributed by atoms with Gasteiger partial charge >= 0.3 is 5.97 Å². The van der Waals surface area contributed by atoms with Crippen LogP contribution in [0.25, 0.3) is 0 Å². The molecular formula is C16H29NO3. The van der Waals surface area contributed by atoms with Crippen molar-refractivity contribution in [1.29, 1.82) is 0 Å². The number of carboxylic acid groups (broad SMARTS) is 1. The minimum absolute atomic E-state index is 0.142. The van der Waals surface area contributed by atoms with Crippen LogP contribution in [0.1, 0.15) is 60.3 Å². The molecule has 0 heterocycles. The molecule has 1 N–H and O–H groups in total. The molecule has 0 aromatic carbocycles. The van der Waals surface area contributed by atoms with Crippen LogP contribution >= 0.6 is 0 Å². The fourth-order valence-corrected chi connectivity index (χ4v) is 3.41. The first-order valence-corrected chi connectivity index (χ1v) is 7.74. The van der Waals surface area contributed by atoms with Gasteiger partial charge in [-0.2, -0.15) is 0 Å².